The van der Waals surface area contributed by atoms with Gasteiger partial charge in [-0.15, -0.1) is 0 Å². The van der Waals surface area contributed by atoms with E-state index < -0.39 is 0 Å². The van der Waals surface area contributed by atoms with Gasteiger partial charge < -0.3 is 5.11 Å². The molecule has 1 N–H and O–H groups in total. The molecule has 0 aliphatic heterocycles. The fourth-order valence-electron chi connectivity index (χ4n) is 1.75. The molecule has 23 heavy (non-hydrogen) atoms. The molecule has 0 spiro atoms. The molecular formula is C21H30O2. The fourth-order valence-corrected chi connectivity index (χ4v) is 1.75. The summed E-state index contributed by atoms with van der Waals surface area (Å²) in [5.41, 5.74) is 3.38. The number of phenols is 1. The largest absolute Gasteiger partial charge is 0.508 e. The van der Waals surface area contributed by atoms with Crippen molar-refractivity contribution in [2.75, 3.05) is 0 Å². The third kappa shape index (κ3) is 8.20. The van der Waals surface area contributed by atoms with Crippen molar-refractivity contribution < 1.29 is 9.90 Å². The highest BCUT2D eigenvalue weighted by Crippen LogP contribution is 2.22. The Morgan fingerprint density at radius 1 is 0.870 bits per heavy atom. The Bertz CT molecular complexity index is 552. The van der Waals surface area contributed by atoms with Crippen LogP contribution in [0.5, 0.6) is 5.75 Å². The lowest BCUT2D eigenvalue weighted by Gasteiger charge is -2.18. The maximum Gasteiger partial charge on any atom is 0.159 e. The Kier molecular flexibility index (Phi) is 8.94. The molecule has 0 heterocycles. The van der Waals surface area contributed by atoms with Gasteiger partial charge in [0.15, 0.2) is 5.78 Å². The predicted molar refractivity (Wildman–Crippen MR) is 99.3 cm³/mol. The van der Waals surface area contributed by atoms with Gasteiger partial charge in [0, 0.05) is 5.56 Å². The van der Waals surface area contributed by atoms with Crippen molar-refractivity contribution in [1.29, 1.82) is 0 Å². The molecular weight excluding hydrogens is 284 g/mol. The first-order valence-corrected chi connectivity index (χ1v) is 8.07. The van der Waals surface area contributed by atoms with Crippen LogP contribution in [0.25, 0.3) is 0 Å². The van der Waals surface area contributed by atoms with Crippen molar-refractivity contribution in [3.63, 3.8) is 0 Å². The number of aryl methyl sites for hydroxylation is 1. The summed E-state index contributed by atoms with van der Waals surface area (Å²) in [7, 11) is 0. The standard InChI is InChI=1S/C12H16O.C7H8O.C2H6/c1-9(13)10-5-7-11(8-6-10)12(2,3)4;1-6-2-4-7(8)5-3-6;1-2/h5-8H,1-4H3;2-5,8H,1H3;1-2H3. The number of hydrogen-bond acceptors (Lipinski definition) is 2. The van der Waals surface area contributed by atoms with Gasteiger partial charge in [-0.05, 0) is 37.0 Å². The quantitative estimate of drug-likeness (QED) is 0.664. The van der Waals surface area contributed by atoms with E-state index >= 15 is 0 Å². The van der Waals surface area contributed by atoms with Crippen LogP contribution in [-0.2, 0) is 5.41 Å². The van der Waals surface area contributed by atoms with Crippen molar-refractivity contribution in [3.05, 3.63) is 65.2 Å². The molecule has 0 saturated heterocycles. The molecule has 0 saturated carbocycles. The third-order valence-corrected chi connectivity index (χ3v) is 3.19. The topological polar surface area (TPSA) is 37.3 Å². The predicted octanol–water partition coefficient (Wildman–Crippen LogP) is 5.91. The summed E-state index contributed by atoms with van der Waals surface area (Å²) in [5.74, 6) is 0.455. The number of aromatic hydroxyl groups is 1. The SMILES string of the molecule is CC.CC(=O)c1ccc(C(C)(C)C)cc1.Cc1ccc(O)cc1. The lowest BCUT2D eigenvalue weighted by molar-refractivity contribution is 0.101. The summed E-state index contributed by atoms with van der Waals surface area (Å²) in [5, 5.41) is 8.76. The molecule has 0 aromatic heterocycles. The fraction of sp³-hybridized carbons (Fsp3) is 0.381. The van der Waals surface area contributed by atoms with E-state index in [1.807, 2.05) is 57.2 Å². The summed E-state index contributed by atoms with van der Waals surface area (Å²) in [6, 6.07) is 14.9. The molecule has 2 nitrogen and oxygen atoms in total. The summed E-state index contributed by atoms with van der Waals surface area (Å²) in [6.07, 6.45) is 0. The first kappa shape index (κ1) is 20.9. The van der Waals surface area contributed by atoms with Gasteiger partial charge in [-0.1, -0.05) is 76.6 Å². The number of carbonyl (C=O) groups excluding carboxylic acids is 1. The maximum atomic E-state index is 11.0. The van der Waals surface area contributed by atoms with Crippen LogP contribution in [0.3, 0.4) is 0 Å². The third-order valence-electron chi connectivity index (χ3n) is 3.19. The lowest BCUT2D eigenvalue weighted by Crippen LogP contribution is -2.10. The average molecular weight is 314 g/mol. The number of Topliss-reactive ketones (excluding diaryl/α,β-unsaturated/α-hetero) is 1. The number of phenolic OH excluding ortho intramolecular Hbond substituents is 1. The van der Waals surface area contributed by atoms with Crippen molar-refractivity contribution >= 4 is 5.78 Å². The van der Waals surface area contributed by atoms with Crippen LogP contribution in [0.15, 0.2) is 48.5 Å². The molecule has 0 fully saturated rings. The molecule has 0 aliphatic rings. The van der Waals surface area contributed by atoms with Crippen molar-refractivity contribution in [2.24, 2.45) is 0 Å². The summed E-state index contributed by atoms with van der Waals surface area (Å²) in [4.78, 5) is 11.0. The van der Waals surface area contributed by atoms with Crippen LogP contribution in [0.1, 0.15) is 63.0 Å². The molecule has 0 radical (unpaired) electrons. The molecule has 2 heteroatoms. The monoisotopic (exact) mass is 314 g/mol. The van der Waals surface area contributed by atoms with Gasteiger partial charge in [-0.2, -0.15) is 0 Å². The van der Waals surface area contributed by atoms with E-state index in [1.54, 1.807) is 19.1 Å². The Labute approximate surface area is 141 Å². The summed E-state index contributed by atoms with van der Waals surface area (Å²) >= 11 is 0. The number of benzene rings is 2. The zero-order valence-corrected chi connectivity index (χ0v) is 15.5. The van der Waals surface area contributed by atoms with E-state index in [9.17, 15) is 4.79 Å². The van der Waals surface area contributed by atoms with Gasteiger partial charge >= 0.3 is 0 Å². The van der Waals surface area contributed by atoms with Gasteiger partial charge in [0.25, 0.3) is 0 Å². The zero-order valence-electron chi connectivity index (χ0n) is 15.5. The Hall–Kier alpha value is -2.09. The minimum atomic E-state index is 0.125. The Morgan fingerprint density at radius 2 is 1.30 bits per heavy atom. The molecule has 2 aromatic rings. The van der Waals surface area contributed by atoms with E-state index in [0.717, 1.165) is 5.56 Å². The second-order valence-electron chi connectivity index (χ2n) is 6.22. The lowest BCUT2D eigenvalue weighted by atomic mass is 9.86. The van der Waals surface area contributed by atoms with Gasteiger partial charge in [0.05, 0.1) is 0 Å². The molecule has 0 unspecified atom stereocenters. The van der Waals surface area contributed by atoms with Gasteiger partial charge in [0.2, 0.25) is 0 Å². The van der Waals surface area contributed by atoms with Crippen LogP contribution >= 0.6 is 0 Å². The highest BCUT2D eigenvalue weighted by atomic mass is 16.3. The van der Waals surface area contributed by atoms with Crippen LogP contribution in [0.4, 0.5) is 0 Å². The molecule has 126 valence electrons. The van der Waals surface area contributed by atoms with E-state index in [0.29, 0.717) is 5.75 Å². The normalized spacial score (nSPS) is 9.87. The minimum Gasteiger partial charge on any atom is -0.508 e. The maximum absolute atomic E-state index is 11.0. The van der Waals surface area contributed by atoms with E-state index in [1.165, 1.54) is 11.1 Å². The van der Waals surface area contributed by atoms with Crippen LogP contribution in [0.2, 0.25) is 0 Å². The Balaban J connectivity index is 0.000000414. The first-order valence-electron chi connectivity index (χ1n) is 8.07. The molecule has 0 bridgehead atoms. The number of hydrogen-bond donors (Lipinski definition) is 1. The van der Waals surface area contributed by atoms with E-state index in [2.05, 4.69) is 20.8 Å². The van der Waals surface area contributed by atoms with Crippen molar-refractivity contribution in [1.82, 2.24) is 0 Å². The molecule has 2 rings (SSSR count). The minimum absolute atomic E-state index is 0.125. The number of carbonyl (C=O) groups is 1. The summed E-state index contributed by atoms with van der Waals surface area (Å²) in [6.45, 7) is 14.1. The molecule has 0 atom stereocenters. The van der Waals surface area contributed by atoms with Crippen LogP contribution in [-0.4, -0.2) is 10.9 Å². The van der Waals surface area contributed by atoms with Crippen LogP contribution in [0, 0.1) is 6.92 Å². The first-order chi connectivity index (χ1) is 10.7. The smallest absolute Gasteiger partial charge is 0.159 e. The summed E-state index contributed by atoms with van der Waals surface area (Å²) < 4.78 is 0. The van der Waals surface area contributed by atoms with Gasteiger partial charge in [-0.3, -0.25) is 4.79 Å². The second-order valence-corrected chi connectivity index (χ2v) is 6.22. The second kappa shape index (κ2) is 9.83. The molecule has 0 aliphatic carbocycles. The molecule has 0 amide bonds. The molecule has 2 aromatic carbocycles. The average Bonchev–Trinajstić information content (AvgIpc) is 2.52. The van der Waals surface area contributed by atoms with Crippen LogP contribution < -0.4 is 0 Å². The zero-order chi connectivity index (χ0) is 18.0. The van der Waals surface area contributed by atoms with Crippen molar-refractivity contribution in [2.45, 2.75) is 53.9 Å². The Morgan fingerprint density at radius 3 is 1.61 bits per heavy atom. The van der Waals surface area contributed by atoms with Crippen molar-refractivity contribution in [3.8, 4) is 5.75 Å². The van der Waals surface area contributed by atoms with E-state index in [4.69, 9.17) is 5.11 Å². The highest BCUT2D eigenvalue weighted by Gasteiger charge is 2.13. The highest BCUT2D eigenvalue weighted by molar-refractivity contribution is 5.94. The number of ketones is 1. The number of rotatable bonds is 1. The van der Waals surface area contributed by atoms with Gasteiger partial charge in [0.1, 0.15) is 5.75 Å². The van der Waals surface area contributed by atoms with Gasteiger partial charge in [-0.25, -0.2) is 0 Å². The van der Waals surface area contributed by atoms with E-state index in [-0.39, 0.29) is 11.2 Å².